The number of carbonyl (C=O) groups is 1. The lowest BCUT2D eigenvalue weighted by Gasteiger charge is -2.25. The van der Waals surface area contributed by atoms with Crippen molar-refractivity contribution in [2.45, 2.75) is 31.4 Å². The van der Waals surface area contributed by atoms with Crippen LogP contribution in [0.1, 0.15) is 18.4 Å². The molecule has 1 fully saturated rings. The summed E-state index contributed by atoms with van der Waals surface area (Å²) in [6.07, 6.45) is 1.76. The second-order valence-electron chi connectivity index (χ2n) is 5.61. The van der Waals surface area contributed by atoms with Gasteiger partial charge in [0.15, 0.2) is 5.78 Å². The molecule has 1 saturated heterocycles. The van der Waals surface area contributed by atoms with Gasteiger partial charge in [0.25, 0.3) is 0 Å². The van der Waals surface area contributed by atoms with E-state index in [9.17, 15) is 9.18 Å². The summed E-state index contributed by atoms with van der Waals surface area (Å²) in [7, 11) is 1.48. The predicted octanol–water partition coefficient (Wildman–Crippen LogP) is 1.40. The highest BCUT2D eigenvalue weighted by molar-refractivity contribution is 5.89. The van der Waals surface area contributed by atoms with Crippen molar-refractivity contribution >= 4 is 16.8 Å². The van der Waals surface area contributed by atoms with E-state index in [1.54, 1.807) is 12.1 Å². The summed E-state index contributed by atoms with van der Waals surface area (Å²) in [6, 6.07) is 3.29. The van der Waals surface area contributed by atoms with E-state index in [0.717, 1.165) is 12.6 Å². The summed E-state index contributed by atoms with van der Waals surface area (Å²) in [6.45, 7) is 0.349. The lowest BCUT2D eigenvalue weighted by Crippen LogP contribution is -2.39. The highest BCUT2D eigenvalue weighted by Gasteiger charge is 2.27. The van der Waals surface area contributed by atoms with Crippen LogP contribution in [0.5, 0.6) is 5.88 Å². The minimum absolute atomic E-state index is 0.0385. The molecule has 7 heteroatoms. The molecule has 122 valence electrons. The van der Waals surface area contributed by atoms with Crippen molar-refractivity contribution in [2.24, 2.45) is 5.73 Å². The summed E-state index contributed by atoms with van der Waals surface area (Å²) >= 11 is 0. The molecule has 0 unspecified atom stereocenters. The molecule has 23 heavy (non-hydrogen) atoms. The number of nitrogens with two attached hydrogens (primary N) is 1. The number of hydrogen-bond donors (Lipinski definition) is 1. The molecule has 0 radical (unpaired) electrons. The third kappa shape index (κ3) is 3.30. The zero-order valence-electron chi connectivity index (χ0n) is 12.8. The highest BCUT2D eigenvalue weighted by atomic mass is 19.1. The lowest BCUT2D eigenvalue weighted by molar-refractivity contribution is -0.133. The van der Waals surface area contributed by atoms with E-state index in [4.69, 9.17) is 15.2 Å². The SMILES string of the molecule is COc1ccc2ncc(F)c(CC(=O)[C@@H]3CC[C@@H](N)CO3)c2n1. The Hall–Kier alpha value is -2.12. The zero-order valence-corrected chi connectivity index (χ0v) is 12.8. The number of ketones is 1. The van der Waals surface area contributed by atoms with Crippen molar-refractivity contribution in [2.75, 3.05) is 13.7 Å². The summed E-state index contributed by atoms with van der Waals surface area (Å²) in [4.78, 5) is 20.6. The van der Waals surface area contributed by atoms with Gasteiger partial charge >= 0.3 is 0 Å². The Balaban J connectivity index is 1.89. The van der Waals surface area contributed by atoms with Crippen LogP contribution in [0.2, 0.25) is 0 Å². The van der Waals surface area contributed by atoms with Gasteiger partial charge in [0.05, 0.1) is 30.9 Å². The summed E-state index contributed by atoms with van der Waals surface area (Å²) in [5, 5.41) is 0. The standard InChI is InChI=1S/C16H18FN3O3/c1-22-15-5-3-12-16(20-15)10(11(17)7-19-12)6-13(21)14-4-2-9(18)8-23-14/h3,5,7,9,14H,2,4,6,8,18H2,1H3/t9-,14+/m1/s1. The molecule has 2 N–H and O–H groups in total. The summed E-state index contributed by atoms with van der Waals surface area (Å²) in [5.41, 5.74) is 6.82. The van der Waals surface area contributed by atoms with Crippen molar-refractivity contribution in [3.05, 3.63) is 29.7 Å². The van der Waals surface area contributed by atoms with Crippen LogP contribution in [0.25, 0.3) is 11.0 Å². The first kappa shape index (κ1) is 15.8. The molecular formula is C16H18FN3O3. The first-order valence-corrected chi connectivity index (χ1v) is 7.46. The molecule has 2 atom stereocenters. The van der Waals surface area contributed by atoms with Crippen molar-refractivity contribution in [3.8, 4) is 5.88 Å². The number of methoxy groups -OCH3 is 1. The number of hydrogen-bond acceptors (Lipinski definition) is 6. The first-order valence-electron chi connectivity index (χ1n) is 7.46. The average Bonchev–Trinajstić information content (AvgIpc) is 2.57. The molecule has 0 saturated carbocycles. The fourth-order valence-electron chi connectivity index (χ4n) is 2.67. The topological polar surface area (TPSA) is 87.3 Å². The van der Waals surface area contributed by atoms with Crippen LogP contribution >= 0.6 is 0 Å². The molecule has 0 amide bonds. The molecule has 0 aromatic carbocycles. The van der Waals surface area contributed by atoms with E-state index in [1.807, 2.05) is 0 Å². The molecule has 2 aromatic heterocycles. The summed E-state index contributed by atoms with van der Waals surface area (Å²) < 4.78 is 24.7. The van der Waals surface area contributed by atoms with E-state index >= 15 is 0 Å². The van der Waals surface area contributed by atoms with Gasteiger partial charge in [-0.3, -0.25) is 9.78 Å². The van der Waals surface area contributed by atoms with Gasteiger partial charge in [0.1, 0.15) is 11.9 Å². The largest absolute Gasteiger partial charge is 0.481 e. The monoisotopic (exact) mass is 319 g/mol. The first-order chi connectivity index (χ1) is 11.1. The number of nitrogens with zero attached hydrogens (tertiary/aromatic N) is 2. The Morgan fingerprint density at radius 1 is 1.48 bits per heavy atom. The maximum Gasteiger partial charge on any atom is 0.213 e. The van der Waals surface area contributed by atoms with E-state index in [-0.39, 0.29) is 23.8 Å². The molecule has 0 aliphatic carbocycles. The van der Waals surface area contributed by atoms with Crippen LogP contribution in [-0.2, 0) is 16.0 Å². The molecule has 1 aliphatic rings. The van der Waals surface area contributed by atoms with Crippen molar-refractivity contribution < 1.29 is 18.7 Å². The average molecular weight is 319 g/mol. The van der Waals surface area contributed by atoms with Crippen LogP contribution in [-0.4, -0.2) is 41.6 Å². The molecule has 3 heterocycles. The van der Waals surface area contributed by atoms with Crippen LogP contribution in [0.15, 0.2) is 18.3 Å². The number of pyridine rings is 2. The number of carbonyl (C=O) groups excluding carboxylic acids is 1. The highest BCUT2D eigenvalue weighted by Crippen LogP contribution is 2.23. The smallest absolute Gasteiger partial charge is 0.213 e. The van der Waals surface area contributed by atoms with Gasteiger partial charge in [0.2, 0.25) is 5.88 Å². The van der Waals surface area contributed by atoms with E-state index in [1.165, 1.54) is 7.11 Å². The normalized spacial score (nSPS) is 21.3. The molecule has 2 aromatic rings. The van der Waals surface area contributed by atoms with Crippen LogP contribution in [0, 0.1) is 5.82 Å². The minimum Gasteiger partial charge on any atom is -0.481 e. The number of fused-ring (bicyclic) bond motifs is 1. The Morgan fingerprint density at radius 3 is 3.00 bits per heavy atom. The van der Waals surface area contributed by atoms with Crippen molar-refractivity contribution in [1.82, 2.24) is 9.97 Å². The molecule has 0 spiro atoms. The van der Waals surface area contributed by atoms with Crippen LogP contribution < -0.4 is 10.5 Å². The Bertz CT molecular complexity index is 730. The third-order valence-corrected chi connectivity index (χ3v) is 3.97. The van der Waals surface area contributed by atoms with Gasteiger partial charge in [-0.1, -0.05) is 0 Å². The molecular weight excluding hydrogens is 301 g/mol. The summed E-state index contributed by atoms with van der Waals surface area (Å²) in [5.74, 6) is -0.384. The minimum atomic E-state index is -0.556. The zero-order chi connectivity index (χ0) is 16.4. The number of ether oxygens (including phenoxy) is 2. The van der Waals surface area contributed by atoms with Gasteiger partial charge in [0, 0.05) is 24.1 Å². The molecule has 0 bridgehead atoms. The molecule has 1 aliphatic heterocycles. The maximum absolute atomic E-state index is 14.2. The third-order valence-electron chi connectivity index (χ3n) is 3.97. The van der Waals surface area contributed by atoms with Crippen molar-refractivity contribution in [1.29, 1.82) is 0 Å². The van der Waals surface area contributed by atoms with Gasteiger partial charge in [-0.2, -0.15) is 0 Å². The second kappa shape index (κ2) is 6.55. The predicted molar refractivity (Wildman–Crippen MR) is 81.7 cm³/mol. The number of Topliss-reactive ketones (excluding diaryl/α,β-unsaturated/α-hetero) is 1. The lowest BCUT2D eigenvalue weighted by atomic mass is 9.98. The van der Waals surface area contributed by atoms with Gasteiger partial charge in [-0.15, -0.1) is 0 Å². The molecule has 3 rings (SSSR count). The fraction of sp³-hybridized carbons (Fsp3) is 0.438. The van der Waals surface area contributed by atoms with Gasteiger partial charge in [-0.25, -0.2) is 9.37 Å². The molecule has 6 nitrogen and oxygen atoms in total. The van der Waals surface area contributed by atoms with Gasteiger partial charge in [-0.05, 0) is 18.9 Å². The Labute approximate surface area is 132 Å². The van der Waals surface area contributed by atoms with Crippen LogP contribution in [0.4, 0.5) is 4.39 Å². The van der Waals surface area contributed by atoms with E-state index in [2.05, 4.69) is 9.97 Å². The fourth-order valence-corrected chi connectivity index (χ4v) is 2.67. The van der Waals surface area contributed by atoms with Gasteiger partial charge < -0.3 is 15.2 Å². The Kier molecular flexibility index (Phi) is 4.49. The van der Waals surface area contributed by atoms with E-state index in [0.29, 0.717) is 29.9 Å². The number of halogens is 1. The number of rotatable bonds is 4. The quantitative estimate of drug-likeness (QED) is 0.916. The van der Waals surface area contributed by atoms with Crippen molar-refractivity contribution in [3.63, 3.8) is 0 Å². The number of aromatic nitrogens is 2. The second-order valence-corrected chi connectivity index (χ2v) is 5.61. The van der Waals surface area contributed by atoms with Crippen LogP contribution in [0.3, 0.4) is 0 Å². The Morgan fingerprint density at radius 2 is 2.30 bits per heavy atom. The maximum atomic E-state index is 14.2. The van der Waals surface area contributed by atoms with E-state index < -0.39 is 11.9 Å².